The molecule has 0 aliphatic carbocycles. The van der Waals surface area contributed by atoms with Gasteiger partial charge in [0, 0.05) is 27.4 Å². The van der Waals surface area contributed by atoms with E-state index < -0.39 is 5.24 Å². The van der Waals surface area contributed by atoms with Gasteiger partial charge in [0.05, 0.1) is 27.8 Å². The molecular weight excluding hydrogens is 425 g/mol. The minimum Gasteiger partial charge on any atom is -0.281 e. The smallest absolute Gasteiger partial charge is 0.226 e. The summed E-state index contributed by atoms with van der Waals surface area (Å²) in [5.41, 5.74) is 2.60. The molecule has 0 unspecified atom stereocenters. The maximum atomic E-state index is 11.4. The van der Waals surface area contributed by atoms with E-state index in [4.69, 9.17) is 58.0 Å². The number of carbonyl (C=O) groups excluding carboxylic acids is 1. The summed E-state index contributed by atoms with van der Waals surface area (Å²) in [5, 5.41) is 5.82. The molecule has 0 radical (unpaired) electrons. The zero-order chi connectivity index (χ0) is 18.1. The third-order valence-electron chi connectivity index (χ3n) is 3.42. The van der Waals surface area contributed by atoms with Crippen molar-refractivity contribution in [2.24, 2.45) is 0 Å². The van der Waals surface area contributed by atoms with Crippen LogP contribution in [0.3, 0.4) is 0 Å². The van der Waals surface area contributed by atoms with E-state index in [2.05, 4.69) is 5.10 Å². The van der Waals surface area contributed by atoms with Gasteiger partial charge in [0.25, 0.3) is 0 Å². The Morgan fingerprint density at radius 3 is 2.24 bits per heavy atom. The van der Waals surface area contributed by atoms with Gasteiger partial charge >= 0.3 is 0 Å². The zero-order valence-corrected chi connectivity index (χ0v) is 16.2. The number of nitrogens with zero attached hydrogens (tertiary/aromatic N) is 2. The van der Waals surface area contributed by atoms with Crippen LogP contribution in [-0.4, -0.2) is 15.0 Å². The number of aromatic nitrogens is 2. The van der Waals surface area contributed by atoms with E-state index >= 15 is 0 Å². The largest absolute Gasteiger partial charge is 0.281 e. The zero-order valence-electron chi connectivity index (χ0n) is 12.4. The van der Waals surface area contributed by atoms with Crippen LogP contribution in [0.25, 0.3) is 16.9 Å². The lowest BCUT2D eigenvalue weighted by molar-refractivity contribution is -0.111. The van der Waals surface area contributed by atoms with Crippen molar-refractivity contribution < 1.29 is 4.79 Å². The molecule has 0 bridgehead atoms. The van der Waals surface area contributed by atoms with Gasteiger partial charge in [-0.1, -0.05) is 52.5 Å². The van der Waals surface area contributed by atoms with Gasteiger partial charge < -0.3 is 0 Å². The number of hydrogen-bond acceptors (Lipinski definition) is 2. The van der Waals surface area contributed by atoms with Gasteiger partial charge in [-0.2, -0.15) is 5.10 Å². The first-order chi connectivity index (χ1) is 11.8. The fourth-order valence-electron chi connectivity index (χ4n) is 2.38. The molecule has 0 aliphatic heterocycles. The SMILES string of the molecule is O=C(Cl)Cc1cn(-c2cc(Cl)cc(Cl)c2)nc1-c1ccc(Cl)c(Cl)c1. The predicted molar refractivity (Wildman–Crippen MR) is 104 cm³/mol. The fraction of sp³-hybridized carbons (Fsp3) is 0.0588. The Labute approximate surface area is 169 Å². The second kappa shape index (κ2) is 7.56. The third kappa shape index (κ3) is 4.30. The minimum atomic E-state index is -0.495. The molecule has 3 rings (SSSR count). The predicted octanol–water partition coefficient (Wildman–Crippen LogP) is 6.46. The van der Waals surface area contributed by atoms with Crippen molar-refractivity contribution in [2.45, 2.75) is 6.42 Å². The fourth-order valence-corrected chi connectivity index (χ4v) is 3.34. The molecule has 1 aromatic heterocycles. The van der Waals surface area contributed by atoms with Crippen LogP contribution in [0.1, 0.15) is 5.56 Å². The highest BCUT2D eigenvalue weighted by Gasteiger charge is 2.16. The number of rotatable bonds is 4. The molecule has 3 aromatic rings. The number of hydrogen-bond donors (Lipinski definition) is 0. The minimum absolute atomic E-state index is 0.0193. The van der Waals surface area contributed by atoms with Crippen LogP contribution in [0.4, 0.5) is 0 Å². The van der Waals surface area contributed by atoms with Crippen LogP contribution in [0.5, 0.6) is 0 Å². The van der Waals surface area contributed by atoms with Gasteiger partial charge in [-0.05, 0) is 41.9 Å². The Kier molecular flexibility index (Phi) is 5.62. The van der Waals surface area contributed by atoms with E-state index in [1.54, 1.807) is 47.3 Å². The second-order valence-electron chi connectivity index (χ2n) is 5.24. The summed E-state index contributed by atoms with van der Waals surface area (Å²) in [6.07, 6.45) is 1.73. The molecule has 3 nitrogen and oxygen atoms in total. The lowest BCUT2D eigenvalue weighted by Gasteiger charge is -2.04. The number of halogens is 5. The molecule has 128 valence electrons. The van der Waals surface area contributed by atoms with Gasteiger partial charge in [-0.25, -0.2) is 4.68 Å². The molecule has 2 aromatic carbocycles. The average molecular weight is 435 g/mol. The van der Waals surface area contributed by atoms with Crippen LogP contribution in [0, 0.1) is 0 Å². The van der Waals surface area contributed by atoms with Crippen LogP contribution in [0.15, 0.2) is 42.6 Å². The molecule has 0 atom stereocenters. The maximum absolute atomic E-state index is 11.4. The quantitative estimate of drug-likeness (QED) is 0.442. The Hall–Kier alpha value is -1.23. The van der Waals surface area contributed by atoms with Crippen molar-refractivity contribution in [3.63, 3.8) is 0 Å². The molecule has 0 spiro atoms. The first kappa shape index (κ1) is 18.6. The third-order valence-corrected chi connectivity index (χ3v) is 4.73. The molecule has 25 heavy (non-hydrogen) atoms. The summed E-state index contributed by atoms with van der Waals surface area (Å²) in [5.74, 6) is 0. The molecule has 0 N–H and O–H groups in total. The van der Waals surface area contributed by atoms with Gasteiger partial charge in [-0.3, -0.25) is 4.79 Å². The lowest BCUT2D eigenvalue weighted by atomic mass is 10.1. The van der Waals surface area contributed by atoms with E-state index in [1.165, 1.54) is 0 Å². The highest BCUT2D eigenvalue weighted by molar-refractivity contribution is 6.63. The average Bonchev–Trinajstić information content (AvgIpc) is 2.92. The Bertz CT molecular complexity index is 947. The molecule has 8 heteroatoms. The summed E-state index contributed by atoms with van der Waals surface area (Å²) >= 11 is 29.7. The number of benzene rings is 2. The highest BCUT2D eigenvalue weighted by atomic mass is 35.5. The molecule has 0 aliphatic rings. The van der Waals surface area contributed by atoms with E-state index in [1.807, 2.05) is 0 Å². The van der Waals surface area contributed by atoms with Gasteiger partial charge in [0.2, 0.25) is 5.24 Å². The summed E-state index contributed by atoms with van der Waals surface area (Å²) in [7, 11) is 0. The maximum Gasteiger partial charge on any atom is 0.226 e. The van der Waals surface area contributed by atoms with Gasteiger partial charge in [0.15, 0.2) is 0 Å². The lowest BCUT2D eigenvalue weighted by Crippen LogP contribution is -1.95. The van der Waals surface area contributed by atoms with E-state index in [0.29, 0.717) is 42.6 Å². The van der Waals surface area contributed by atoms with Crippen LogP contribution in [0.2, 0.25) is 20.1 Å². The normalized spacial score (nSPS) is 10.9. The summed E-state index contributed by atoms with van der Waals surface area (Å²) in [6, 6.07) is 10.2. The van der Waals surface area contributed by atoms with E-state index in [0.717, 1.165) is 0 Å². The molecule has 0 saturated heterocycles. The standard InChI is InChI=1S/C17H9Cl5N2O/c18-11-5-12(19)7-13(6-11)24-8-10(4-16(22)25)17(23-24)9-1-2-14(20)15(21)3-9/h1-3,5-8H,4H2. The van der Waals surface area contributed by atoms with Crippen LogP contribution < -0.4 is 0 Å². The summed E-state index contributed by atoms with van der Waals surface area (Å²) < 4.78 is 1.59. The van der Waals surface area contributed by atoms with Crippen molar-refractivity contribution in [3.8, 4) is 16.9 Å². The Morgan fingerprint density at radius 1 is 0.960 bits per heavy atom. The molecule has 0 amide bonds. The topological polar surface area (TPSA) is 34.9 Å². The Morgan fingerprint density at radius 2 is 1.64 bits per heavy atom. The molecular formula is C17H9Cl5N2O. The van der Waals surface area contributed by atoms with Crippen molar-refractivity contribution in [3.05, 3.63) is 68.2 Å². The van der Waals surface area contributed by atoms with Crippen molar-refractivity contribution in [2.75, 3.05) is 0 Å². The summed E-state index contributed by atoms with van der Waals surface area (Å²) in [6.45, 7) is 0. The second-order valence-corrected chi connectivity index (χ2v) is 7.34. The van der Waals surface area contributed by atoms with Crippen LogP contribution >= 0.6 is 58.0 Å². The van der Waals surface area contributed by atoms with Crippen molar-refractivity contribution >= 4 is 63.2 Å². The number of carbonyl (C=O) groups is 1. The Balaban J connectivity index is 2.15. The van der Waals surface area contributed by atoms with Crippen molar-refractivity contribution in [1.29, 1.82) is 0 Å². The molecule has 1 heterocycles. The van der Waals surface area contributed by atoms with E-state index in [9.17, 15) is 4.79 Å². The highest BCUT2D eigenvalue weighted by Crippen LogP contribution is 2.31. The van der Waals surface area contributed by atoms with Gasteiger partial charge in [-0.15, -0.1) is 0 Å². The van der Waals surface area contributed by atoms with E-state index in [-0.39, 0.29) is 6.42 Å². The monoisotopic (exact) mass is 432 g/mol. The van der Waals surface area contributed by atoms with Gasteiger partial charge in [0.1, 0.15) is 0 Å². The first-order valence-corrected chi connectivity index (χ1v) is 8.91. The first-order valence-electron chi connectivity index (χ1n) is 7.02. The molecule has 0 saturated carbocycles. The molecule has 0 fully saturated rings. The summed E-state index contributed by atoms with van der Waals surface area (Å²) in [4.78, 5) is 11.4. The van der Waals surface area contributed by atoms with Crippen molar-refractivity contribution in [1.82, 2.24) is 9.78 Å². The van der Waals surface area contributed by atoms with Crippen LogP contribution in [-0.2, 0) is 11.2 Å².